The van der Waals surface area contributed by atoms with Gasteiger partial charge >= 0.3 is 12.1 Å². The number of benzene rings is 1. The Labute approximate surface area is 118 Å². The van der Waals surface area contributed by atoms with Crippen LogP contribution in [-0.4, -0.2) is 37.4 Å². The van der Waals surface area contributed by atoms with Crippen molar-refractivity contribution in [3.05, 3.63) is 35.4 Å². The van der Waals surface area contributed by atoms with Crippen LogP contribution in [-0.2, 0) is 20.9 Å². The Bertz CT molecular complexity index is 461. The number of carbonyl (C=O) groups is 2. The van der Waals surface area contributed by atoms with Crippen LogP contribution in [0.5, 0.6) is 0 Å². The lowest BCUT2D eigenvalue weighted by molar-refractivity contribution is -0.116. The molecule has 6 heteroatoms. The smallest absolute Gasteiger partial charge is 0.434 e. The van der Waals surface area contributed by atoms with Crippen molar-refractivity contribution in [3.63, 3.8) is 0 Å². The van der Waals surface area contributed by atoms with E-state index in [2.05, 4.69) is 0 Å². The highest BCUT2D eigenvalue weighted by molar-refractivity contribution is 5.91. The SMILES string of the molecule is CCOC(=O)c1ccccc1CN(OC)C(=O)OCC. The maximum absolute atomic E-state index is 11.8. The summed E-state index contributed by atoms with van der Waals surface area (Å²) in [5.41, 5.74) is 1.03. The lowest BCUT2D eigenvalue weighted by atomic mass is 10.1. The third-order valence-electron chi connectivity index (χ3n) is 2.52. The molecule has 0 saturated carbocycles. The zero-order valence-electron chi connectivity index (χ0n) is 11.9. The molecule has 0 aliphatic carbocycles. The number of hydrogen-bond acceptors (Lipinski definition) is 5. The minimum atomic E-state index is -0.603. The molecule has 0 heterocycles. The molecule has 0 aliphatic rings. The van der Waals surface area contributed by atoms with Gasteiger partial charge in [-0.05, 0) is 25.5 Å². The number of hydrogen-bond donors (Lipinski definition) is 0. The number of rotatable bonds is 6. The van der Waals surface area contributed by atoms with Gasteiger partial charge in [-0.2, -0.15) is 5.06 Å². The van der Waals surface area contributed by atoms with E-state index < -0.39 is 12.1 Å². The Hall–Kier alpha value is -2.08. The minimum Gasteiger partial charge on any atom is -0.462 e. The highest BCUT2D eigenvalue weighted by Gasteiger charge is 2.19. The normalized spacial score (nSPS) is 9.95. The van der Waals surface area contributed by atoms with E-state index >= 15 is 0 Å². The first-order valence-electron chi connectivity index (χ1n) is 6.37. The topological polar surface area (TPSA) is 65.1 Å². The van der Waals surface area contributed by atoms with Crippen molar-refractivity contribution in [1.82, 2.24) is 5.06 Å². The van der Waals surface area contributed by atoms with Crippen molar-refractivity contribution < 1.29 is 23.9 Å². The van der Waals surface area contributed by atoms with Crippen molar-refractivity contribution in [3.8, 4) is 0 Å². The summed E-state index contributed by atoms with van der Waals surface area (Å²) in [6.07, 6.45) is -0.603. The molecule has 0 aromatic heterocycles. The van der Waals surface area contributed by atoms with Crippen molar-refractivity contribution in [2.45, 2.75) is 20.4 Å². The fraction of sp³-hybridized carbons (Fsp3) is 0.429. The second-order valence-corrected chi connectivity index (χ2v) is 3.80. The van der Waals surface area contributed by atoms with Crippen molar-refractivity contribution in [2.24, 2.45) is 0 Å². The Balaban J connectivity index is 2.90. The molecule has 0 N–H and O–H groups in total. The molecule has 1 rings (SSSR count). The maximum atomic E-state index is 11.8. The fourth-order valence-corrected chi connectivity index (χ4v) is 1.62. The fourth-order valence-electron chi connectivity index (χ4n) is 1.62. The Morgan fingerprint density at radius 3 is 2.35 bits per heavy atom. The molecule has 110 valence electrons. The van der Waals surface area contributed by atoms with E-state index in [0.29, 0.717) is 17.7 Å². The monoisotopic (exact) mass is 281 g/mol. The van der Waals surface area contributed by atoms with Crippen LogP contribution in [0, 0.1) is 0 Å². The summed E-state index contributed by atoms with van der Waals surface area (Å²) in [6, 6.07) is 6.89. The van der Waals surface area contributed by atoms with E-state index in [1.807, 2.05) is 0 Å². The maximum Gasteiger partial charge on any atom is 0.434 e. The number of hydroxylamine groups is 2. The van der Waals surface area contributed by atoms with E-state index in [0.717, 1.165) is 5.06 Å². The van der Waals surface area contributed by atoms with Crippen molar-refractivity contribution in [2.75, 3.05) is 20.3 Å². The summed E-state index contributed by atoms with van der Waals surface area (Å²) in [4.78, 5) is 28.5. The van der Waals surface area contributed by atoms with Gasteiger partial charge in [-0.3, -0.25) is 4.84 Å². The Morgan fingerprint density at radius 1 is 1.10 bits per heavy atom. The molecule has 0 aliphatic heterocycles. The van der Waals surface area contributed by atoms with Gasteiger partial charge in [0.25, 0.3) is 0 Å². The molecule has 0 fully saturated rings. The zero-order valence-corrected chi connectivity index (χ0v) is 11.9. The number of carbonyl (C=O) groups excluding carboxylic acids is 2. The summed E-state index contributed by atoms with van der Waals surface area (Å²) in [5.74, 6) is -0.428. The van der Waals surface area contributed by atoms with Crippen LogP contribution in [0.15, 0.2) is 24.3 Å². The molecule has 0 unspecified atom stereocenters. The van der Waals surface area contributed by atoms with Gasteiger partial charge in [-0.15, -0.1) is 0 Å². The first-order chi connectivity index (χ1) is 9.63. The van der Waals surface area contributed by atoms with E-state index in [1.54, 1.807) is 38.1 Å². The van der Waals surface area contributed by atoms with Gasteiger partial charge in [-0.25, -0.2) is 9.59 Å². The van der Waals surface area contributed by atoms with E-state index in [4.69, 9.17) is 14.3 Å². The third kappa shape index (κ3) is 4.24. The van der Waals surface area contributed by atoms with Crippen LogP contribution in [0.2, 0.25) is 0 Å². The number of esters is 1. The molecule has 0 saturated heterocycles. The lowest BCUT2D eigenvalue weighted by Crippen LogP contribution is -2.30. The van der Waals surface area contributed by atoms with Crippen LogP contribution in [0.3, 0.4) is 0 Å². The van der Waals surface area contributed by atoms with Gasteiger partial charge in [-0.1, -0.05) is 18.2 Å². The second-order valence-electron chi connectivity index (χ2n) is 3.80. The van der Waals surface area contributed by atoms with E-state index in [1.165, 1.54) is 7.11 Å². The van der Waals surface area contributed by atoms with Crippen LogP contribution >= 0.6 is 0 Å². The molecule has 1 aromatic rings. The highest BCUT2D eigenvalue weighted by atomic mass is 16.7. The molecule has 1 amide bonds. The average molecular weight is 281 g/mol. The summed E-state index contributed by atoms with van der Waals surface area (Å²) >= 11 is 0. The quantitative estimate of drug-likeness (QED) is 0.591. The molecule has 0 atom stereocenters. The molecule has 1 aromatic carbocycles. The summed E-state index contributed by atoms with van der Waals surface area (Å²) < 4.78 is 9.84. The van der Waals surface area contributed by atoms with Crippen LogP contribution in [0.4, 0.5) is 4.79 Å². The second kappa shape index (κ2) is 8.16. The molecular weight excluding hydrogens is 262 g/mol. The van der Waals surface area contributed by atoms with Crippen LogP contribution < -0.4 is 0 Å². The van der Waals surface area contributed by atoms with Crippen LogP contribution in [0.25, 0.3) is 0 Å². The van der Waals surface area contributed by atoms with Gasteiger partial charge in [0.1, 0.15) is 0 Å². The van der Waals surface area contributed by atoms with Gasteiger partial charge in [0.2, 0.25) is 0 Å². The predicted molar refractivity (Wildman–Crippen MR) is 72.0 cm³/mol. The van der Waals surface area contributed by atoms with Gasteiger partial charge in [0.05, 0.1) is 32.4 Å². The molecular formula is C14H19NO5. The number of amides is 1. The van der Waals surface area contributed by atoms with Gasteiger partial charge in [0, 0.05) is 0 Å². The first kappa shape index (κ1) is 16.0. The summed E-state index contributed by atoms with van der Waals surface area (Å²) in [6.45, 7) is 4.08. The summed E-state index contributed by atoms with van der Waals surface area (Å²) in [5, 5.41) is 1.04. The Kier molecular flexibility index (Phi) is 6.52. The molecule has 20 heavy (non-hydrogen) atoms. The Morgan fingerprint density at radius 2 is 1.75 bits per heavy atom. The lowest BCUT2D eigenvalue weighted by Gasteiger charge is -2.20. The number of ether oxygens (including phenoxy) is 2. The molecule has 0 radical (unpaired) electrons. The number of nitrogens with zero attached hydrogens (tertiary/aromatic N) is 1. The third-order valence-corrected chi connectivity index (χ3v) is 2.52. The van der Waals surface area contributed by atoms with Crippen molar-refractivity contribution >= 4 is 12.1 Å². The van der Waals surface area contributed by atoms with Gasteiger partial charge < -0.3 is 9.47 Å². The van der Waals surface area contributed by atoms with Crippen LogP contribution in [0.1, 0.15) is 29.8 Å². The zero-order chi connectivity index (χ0) is 15.0. The molecule has 0 spiro atoms. The predicted octanol–water partition coefficient (Wildman–Crippen LogP) is 2.38. The summed E-state index contributed by atoms with van der Waals surface area (Å²) in [7, 11) is 1.36. The van der Waals surface area contributed by atoms with Crippen molar-refractivity contribution in [1.29, 1.82) is 0 Å². The van der Waals surface area contributed by atoms with E-state index in [9.17, 15) is 9.59 Å². The first-order valence-corrected chi connectivity index (χ1v) is 6.37. The van der Waals surface area contributed by atoms with Gasteiger partial charge in [0.15, 0.2) is 0 Å². The largest absolute Gasteiger partial charge is 0.462 e. The average Bonchev–Trinajstić information content (AvgIpc) is 2.45. The minimum absolute atomic E-state index is 0.102. The van der Waals surface area contributed by atoms with E-state index in [-0.39, 0.29) is 13.2 Å². The molecule has 0 bridgehead atoms. The standard InChI is InChI=1S/C14H19NO5/c1-4-19-13(16)12-9-7-6-8-11(12)10-15(18-3)14(17)20-5-2/h6-9H,4-5,10H2,1-3H3. The molecule has 6 nitrogen and oxygen atoms in total. The highest BCUT2D eigenvalue weighted by Crippen LogP contribution is 2.14.